The Bertz CT molecular complexity index is 643. The van der Waals surface area contributed by atoms with Crippen molar-refractivity contribution in [2.45, 2.75) is 95.6 Å². The van der Waals surface area contributed by atoms with E-state index < -0.39 is 18.1 Å². The van der Waals surface area contributed by atoms with Gasteiger partial charge in [0.25, 0.3) is 5.91 Å². The van der Waals surface area contributed by atoms with Crippen LogP contribution in [-0.4, -0.2) is 51.7 Å². The van der Waals surface area contributed by atoms with E-state index in [2.05, 4.69) is 5.32 Å². The Kier molecular flexibility index (Phi) is 6.37. The molecule has 0 unspecified atom stereocenters. The maximum absolute atomic E-state index is 12.3. The molecule has 168 valence electrons. The number of urea groups is 1. The molecule has 5 rings (SSSR count). The van der Waals surface area contributed by atoms with Crippen molar-refractivity contribution >= 4 is 17.9 Å². The number of nitrogens with one attached hydrogen (secondary N) is 1. The van der Waals surface area contributed by atoms with Gasteiger partial charge in [0.15, 0.2) is 0 Å². The molecule has 0 aromatic carbocycles. The Morgan fingerprint density at radius 2 is 1.63 bits per heavy atom. The lowest BCUT2D eigenvalue weighted by Gasteiger charge is -2.58. The van der Waals surface area contributed by atoms with Crippen LogP contribution < -0.4 is 5.32 Å². The number of aliphatic hydroxyl groups is 1. The lowest BCUT2D eigenvalue weighted by molar-refractivity contribution is -0.137. The summed E-state index contributed by atoms with van der Waals surface area (Å²) in [6.45, 7) is 0.421. The molecule has 4 saturated carbocycles. The van der Waals surface area contributed by atoms with Gasteiger partial charge in [0.1, 0.15) is 6.04 Å². The molecule has 0 radical (unpaired) electrons. The number of aliphatic hydroxyl groups excluding tert-OH is 1. The van der Waals surface area contributed by atoms with E-state index in [-0.39, 0.29) is 23.8 Å². The van der Waals surface area contributed by atoms with Gasteiger partial charge in [-0.25, -0.2) is 4.79 Å². The molecule has 3 amide bonds. The summed E-state index contributed by atoms with van der Waals surface area (Å²) in [7, 11) is 0. The number of hydrogen-bond acceptors (Lipinski definition) is 4. The predicted molar refractivity (Wildman–Crippen MR) is 111 cm³/mol. The fraction of sp³-hybridized carbons (Fsp3) is 0.870. The molecular weight excluding hydrogens is 384 g/mol. The zero-order valence-corrected chi connectivity index (χ0v) is 17.9. The largest absolute Gasteiger partial charge is 0.481 e. The van der Waals surface area contributed by atoms with Crippen molar-refractivity contribution in [1.82, 2.24) is 10.2 Å². The van der Waals surface area contributed by atoms with Crippen molar-refractivity contribution in [3.8, 4) is 0 Å². The second kappa shape index (κ2) is 8.85. The number of nitrogens with zero attached hydrogens (tertiary/aromatic N) is 1. The molecule has 3 N–H and O–H groups in total. The van der Waals surface area contributed by atoms with Gasteiger partial charge >= 0.3 is 12.0 Å². The van der Waals surface area contributed by atoms with E-state index in [1.54, 1.807) is 4.90 Å². The highest BCUT2D eigenvalue weighted by Crippen LogP contribution is 2.61. The first-order valence-electron chi connectivity index (χ1n) is 11.9. The molecule has 30 heavy (non-hydrogen) atoms. The molecule has 1 aliphatic heterocycles. The number of carbonyl (C=O) groups is 3. The molecule has 7 heteroatoms. The Labute approximate surface area is 178 Å². The first-order valence-corrected chi connectivity index (χ1v) is 11.9. The van der Waals surface area contributed by atoms with Gasteiger partial charge in [-0.1, -0.05) is 19.3 Å². The molecule has 1 heterocycles. The molecule has 0 spiro atoms. The zero-order chi connectivity index (χ0) is 21.3. The number of amides is 3. The number of rotatable bonds is 11. The Morgan fingerprint density at radius 3 is 2.23 bits per heavy atom. The minimum atomic E-state index is -0.778. The van der Waals surface area contributed by atoms with E-state index in [9.17, 15) is 19.5 Å². The smallest absolute Gasteiger partial charge is 0.324 e. The van der Waals surface area contributed by atoms with Gasteiger partial charge < -0.3 is 15.1 Å². The van der Waals surface area contributed by atoms with Crippen LogP contribution in [0.15, 0.2) is 0 Å². The topological polar surface area (TPSA) is 107 Å². The van der Waals surface area contributed by atoms with E-state index in [0.717, 1.165) is 56.3 Å². The van der Waals surface area contributed by atoms with Crippen molar-refractivity contribution in [3.05, 3.63) is 0 Å². The van der Waals surface area contributed by atoms with E-state index in [1.165, 1.54) is 19.3 Å². The van der Waals surface area contributed by atoms with Gasteiger partial charge in [-0.3, -0.25) is 14.9 Å². The highest BCUT2D eigenvalue weighted by molar-refractivity contribution is 6.04. The molecule has 5 aliphatic rings. The molecule has 7 nitrogen and oxygen atoms in total. The van der Waals surface area contributed by atoms with Crippen LogP contribution >= 0.6 is 0 Å². The first-order chi connectivity index (χ1) is 14.4. The number of carbonyl (C=O) groups excluding carboxylic acids is 2. The molecule has 0 aromatic heterocycles. The molecule has 2 atom stereocenters. The minimum absolute atomic E-state index is 0.0363. The molecule has 0 aromatic rings. The maximum Gasteiger partial charge on any atom is 0.324 e. The second-order valence-corrected chi connectivity index (χ2v) is 10.4. The molecule has 4 bridgehead atoms. The standard InChI is InChI=1S/C23H36N2O5/c26-19(23-12-15-9-16(13-23)11-17(10-15)14-23)7-8-25-18(21(29)24-22(25)30)5-3-1-2-4-6-20(27)28/h15-19,26H,1-14H2,(H,27,28)(H,24,29,30)/t15?,16?,17?,18-,19+,23?/m0/s1. The third-order valence-electron chi connectivity index (χ3n) is 8.22. The van der Waals surface area contributed by atoms with Gasteiger partial charge in [0.05, 0.1) is 6.10 Å². The number of unbranched alkanes of at least 4 members (excludes halogenated alkanes) is 3. The van der Waals surface area contributed by atoms with Crippen LogP contribution in [0.5, 0.6) is 0 Å². The number of carboxylic acids is 1. The molecule has 1 saturated heterocycles. The predicted octanol–water partition coefficient (Wildman–Crippen LogP) is 3.30. The monoisotopic (exact) mass is 420 g/mol. The maximum atomic E-state index is 12.3. The Balaban J connectivity index is 1.26. The van der Waals surface area contributed by atoms with E-state index in [4.69, 9.17) is 5.11 Å². The fourth-order valence-electron chi connectivity index (χ4n) is 7.21. The molecular formula is C23H36N2O5. The summed E-state index contributed by atoms with van der Waals surface area (Å²) < 4.78 is 0. The van der Waals surface area contributed by atoms with Crippen molar-refractivity contribution in [2.24, 2.45) is 23.2 Å². The van der Waals surface area contributed by atoms with Crippen LogP contribution in [0.3, 0.4) is 0 Å². The highest BCUT2D eigenvalue weighted by Gasteiger charge is 2.54. The van der Waals surface area contributed by atoms with Crippen LogP contribution in [0.1, 0.15) is 83.5 Å². The fourth-order valence-corrected chi connectivity index (χ4v) is 7.21. The summed E-state index contributed by atoms with van der Waals surface area (Å²) in [4.78, 5) is 36.8. The van der Waals surface area contributed by atoms with Crippen LogP contribution in [0.25, 0.3) is 0 Å². The lowest BCUT2D eigenvalue weighted by atomic mass is 9.48. The van der Waals surface area contributed by atoms with Gasteiger partial charge in [0, 0.05) is 13.0 Å². The minimum Gasteiger partial charge on any atom is -0.481 e. The van der Waals surface area contributed by atoms with Crippen molar-refractivity contribution in [1.29, 1.82) is 0 Å². The van der Waals surface area contributed by atoms with Gasteiger partial charge in [-0.05, 0) is 81.0 Å². The number of aliphatic carboxylic acids is 1. The van der Waals surface area contributed by atoms with Crippen molar-refractivity contribution in [2.75, 3.05) is 6.54 Å². The Hall–Kier alpha value is -1.63. The summed E-state index contributed by atoms with van der Waals surface area (Å²) in [5.41, 5.74) is 0.0363. The third-order valence-corrected chi connectivity index (χ3v) is 8.22. The van der Waals surface area contributed by atoms with E-state index in [1.807, 2.05) is 0 Å². The summed E-state index contributed by atoms with van der Waals surface area (Å²) in [5, 5.41) is 22.3. The molecule has 4 aliphatic carbocycles. The van der Waals surface area contributed by atoms with E-state index in [0.29, 0.717) is 25.8 Å². The van der Waals surface area contributed by atoms with Gasteiger partial charge in [-0.2, -0.15) is 0 Å². The second-order valence-electron chi connectivity index (χ2n) is 10.4. The number of hydrogen-bond donors (Lipinski definition) is 3. The normalized spacial score (nSPS) is 35.7. The summed E-state index contributed by atoms with van der Waals surface area (Å²) in [6, 6.07) is -0.797. The zero-order valence-electron chi connectivity index (χ0n) is 17.9. The quantitative estimate of drug-likeness (QED) is 0.351. The van der Waals surface area contributed by atoms with E-state index >= 15 is 0 Å². The summed E-state index contributed by atoms with van der Waals surface area (Å²) >= 11 is 0. The SMILES string of the molecule is O=C(O)CCCCCC[C@H]1C(=O)NC(=O)N1CC[C@@H](O)C12CC3CC(CC(C3)C1)C2. The van der Waals surface area contributed by atoms with Crippen LogP contribution in [0.2, 0.25) is 0 Å². The Morgan fingerprint density at radius 1 is 1.03 bits per heavy atom. The van der Waals surface area contributed by atoms with Gasteiger partial charge in [0.2, 0.25) is 0 Å². The average Bonchev–Trinajstić information content (AvgIpc) is 2.93. The average molecular weight is 421 g/mol. The summed E-state index contributed by atoms with van der Waals surface area (Å²) in [5.74, 6) is 1.30. The number of carboxylic acid groups (broad SMARTS) is 1. The van der Waals surface area contributed by atoms with Crippen LogP contribution in [-0.2, 0) is 9.59 Å². The highest BCUT2D eigenvalue weighted by atomic mass is 16.4. The van der Waals surface area contributed by atoms with Gasteiger partial charge in [-0.15, -0.1) is 0 Å². The number of imide groups is 1. The van der Waals surface area contributed by atoms with Crippen LogP contribution in [0.4, 0.5) is 4.79 Å². The molecule has 5 fully saturated rings. The van der Waals surface area contributed by atoms with Crippen LogP contribution in [0, 0.1) is 23.2 Å². The first kappa shape index (κ1) is 21.6. The lowest BCUT2D eigenvalue weighted by Crippen LogP contribution is -2.52. The summed E-state index contributed by atoms with van der Waals surface area (Å²) in [6.07, 6.45) is 11.4. The third kappa shape index (κ3) is 4.51. The van der Waals surface area contributed by atoms with Crippen molar-refractivity contribution < 1.29 is 24.6 Å². The van der Waals surface area contributed by atoms with Crippen molar-refractivity contribution in [3.63, 3.8) is 0 Å².